The van der Waals surface area contributed by atoms with Crippen molar-refractivity contribution < 1.29 is 17.7 Å². The number of nitrogens with one attached hydrogen (secondary N) is 1. The molecule has 158 valence electrons. The minimum atomic E-state index is -3.90. The van der Waals surface area contributed by atoms with Crippen LogP contribution >= 0.6 is 38.9 Å². The third-order valence-electron chi connectivity index (χ3n) is 4.61. The zero-order valence-electron chi connectivity index (χ0n) is 16.2. The summed E-state index contributed by atoms with van der Waals surface area (Å²) >= 11 is 9.48. The van der Waals surface area contributed by atoms with Crippen LogP contribution in [0.3, 0.4) is 0 Å². The molecular formula is C17H24BrClN2O4S3. The van der Waals surface area contributed by atoms with Crippen molar-refractivity contribution in [2.45, 2.75) is 55.6 Å². The van der Waals surface area contributed by atoms with E-state index in [0.717, 1.165) is 3.79 Å². The van der Waals surface area contributed by atoms with E-state index < -0.39 is 42.0 Å². The second-order valence-corrected chi connectivity index (χ2v) is 15.1. The molecule has 0 aliphatic carbocycles. The Morgan fingerprint density at radius 2 is 2.00 bits per heavy atom. The van der Waals surface area contributed by atoms with Gasteiger partial charge in [-0.2, -0.15) is 5.26 Å². The molecule has 2 atom stereocenters. The lowest BCUT2D eigenvalue weighted by Crippen LogP contribution is -2.56. The summed E-state index contributed by atoms with van der Waals surface area (Å²) in [6, 6.07) is 3.71. The number of hydrogen-bond acceptors (Lipinski definition) is 7. The first-order chi connectivity index (χ1) is 12.8. The molecule has 2 heterocycles. The second-order valence-electron chi connectivity index (χ2n) is 8.02. The van der Waals surface area contributed by atoms with Crippen LogP contribution in [0.4, 0.5) is 0 Å². The van der Waals surface area contributed by atoms with Gasteiger partial charge in [0.05, 0.1) is 20.6 Å². The minimum Gasteiger partial charge on any atom is -0.598 e. The van der Waals surface area contributed by atoms with E-state index in [4.69, 9.17) is 16.3 Å². The molecule has 0 unspecified atom stereocenters. The molecule has 1 aliphatic heterocycles. The van der Waals surface area contributed by atoms with Crippen LogP contribution in [0.5, 0.6) is 0 Å². The molecule has 0 radical (unpaired) electrons. The van der Waals surface area contributed by atoms with Crippen LogP contribution in [0, 0.1) is 11.3 Å². The van der Waals surface area contributed by atoms with Crippen LogP contribution in [-0.2, 0) is 31.5 Å². The van der Waals surface area contributed by atoms with Crippen molar-refractivity contribution >= 4 is 60.1 Å². The van der Waals surface area contributed by atoms with Crippen molar-refractivity contribution in [3.05, 3.63) is 19.8 Å². The monoisotopic (exact) mass is 530 g/mol. The van der Waals surface area contributed by atoms with E-state index in [9.17, 15) is 18.2 Å². The number of halogens is 2. The SMILES string of the molecule is CC(C)(C)[S@@+]([O-])N[C@@](C)(CS(=O)(=O)C1(C#N)CCOCC1)c1sc(Br)cc1Cl. The van der Waals surface area contributed by atoms with E-state index >= 15 is 0 Å². The first kappa shape index (κ1) is 24.4. The maximum atomic E-state index is 13.4. The molecule has 1 saturated heterocycles. The molecule has 2 rings (SSSR count). The number of thiophene rings is 1. The molecule has 1 fully saturated rings. The highest BCUT2D eigenvalue weighted by Crippen LogP contribution is 2.42. The summed E-state index contributed by atoms with van der Waals surface area (Å²) in [6.45, 7) is 7.50. The normalized spacial score (nSPS) is 20.9. The van der Waals surface area contributed by atoms with Crippen LogP contribution in [-0.4, -0.2) is 41.4 Å². The van der Waals surface area contributed by atoms with Crippen molar-refractivity contribution in [3.63, 3.8) is 0 Å². The minimum absolute atomic E-state index is 0.117. The van der Waals surface area contributed by atoms with Crippen LogP contribution in [0.1, 0.15) is 45.4 Å². The van der Waals surface area contributed by atoms with Gasteiger partial charge in [-0.15, -0.1) is 16.1 Å². The fraction of sp³-hybridized carbons (Fsp3) is 0.706. The van der Waals surface area contributed by atoms with Gasteiger partial charge in [-0.25, -0.2) is 8.42 Å². The number of nitrogens with zero attached hydrogens (tertiary/aromatic N) is 1. The summed E-state index contributed by atoms with van der Waals surface area (Å²) < 4.78 is 46.5. The van der Waals surface area contributed by atoms with Crippen molar-refractivity contribution in [2.75, 3.05) is 19.0 Å². The summed E-state index contributed by atoms with van der Waals surface area (Å²) in [5.74, 6) is -0.401. The topological polar surface area (TPSA) is 102 Å². The number of sulfone groups is 1. The van der Waals surface area contributed by atoms with Crippen LogP contribution in [0.25, 0.3) is 0 Å². The van der Waals surface area contributed by atoms with Gasteiger partial charge < -0.3 is 9.29 Å². The molecule has 1 aliphatic rings. The van der Waals surface area contributed by atoms with E-state index in [-0.39, 0.29) is 26.1 Å². The van der Waals surface area contributed by atoms with E-state index in [0.29, 0.717) is 9.90 Å². The molecule has 28 heavy (non-hydrogen) atoms. The summed E-state index contributed by atoms with van der Waals surface area (Å²) in [7, 11) is -3.90. The summed E-state index contributed by atoms with van der Waals surface area (Å²) in [5.41, 5.74) is -1.23. The van der Waals surface area contributed by atoms with Gasteiger partial charge >= 0.3 is 0 Å². The smallest absolute Gasteiger partial charge is 0.171 e. The Kier molecular flexibility index (Phi) is 7.59. The predicted molar refractivity (Wildman–Crippen MR) is 118 cm³/mol. The number of rotatable bonds is 6. The summed E-state index contributed by atoms with van der Waals surface area (Å²) in [6.07, 6.45) is 0.234. The highest BCUT2D eigenvalue weighted by Gasteiger charge is 2.51. The van der Waals surface area contributed by atoms with Gasteiger partial charge in [-0.1, -0.05) is 11.6 Å². The predicted octanol–water partition coefficient (Wildman–Crippen LogP) is 3.92. The highest BCUT2D eigenvalue weighted by atomic mass is 79.9. The first-order valence-corrected chi connectivity index (χ1v) is 13.4. The lowest BCUT2D eigenvalue weighted by atomic mass is 10.0. The lowest BCUT2D eigenvalue weighted by Gasteiger charge is -2.37. The van der Waals surface area contributed by atoms with Crippen LogP contribution in [0.15, 0.2) is 9.85 Å². The molecule has 0 spiro atoms. The zero-order valence-corrected chi connectivity index (χ0v) is 21.0. The molecule has 0 saturated carbocycles. The number of hydrogen-bond donors (Lipinski definition) is 1. The van der Waals surface area contributed by atoms with E-state index in [1.54, 1.807) is 33.8 Å². The summed E-state index contributed by atoms with van der Waals surface area (Å²) in [4.78, 5) is 0.558. The molecule has 1 aromatic heterocycles. The molecular weight excluding hydrogens is 508 g/mol. The van der Waals surface area contributed by atoms with Crippen molar-refractivity contribution in [1.29, 1.82) is 5.26 Å². The molecule has 0 amide bonds. The Morgan fingerprint density at radius 3 is 2.43 bits per heavy atom. The van der Waals surface area contributed by atoms with Gasteiger partial charge in [0.15, 0.2) is 14.6 Å². The highest BCUT2D eigenvalue weighted by molar-refractivity contribution is 9.11. The second kappa shape index (κ2) is 8.71. The van der Waals surface area contributed by atoms with Gasteiger partial charge in [-0.3, -0.25) is 0 Å². The fourth-order valence-corrected chi connectivity index (χ4v) is 8.47. The van der Waals surface area contributed by atoms with Crippen LogP contribution < -0.4 is 4.72 Å². The average Bonchev–Trinajstić information content (AvgIpc) is 2.93. The Morgan fingerprint density at radius 1 is 1.43 bits per heavy atom. The molecule has 6 nitrogen and oxygen atoms in total. The zero-order chi connectivity index (χ0) is 21.4. The van der Waals surface area contributed by atoms with E-state index in [1.807, 2.05) is 6.07 Å². The van der Waals surface area contributed by atoms with Gasteiger partial charge in [0.25, 0.3) is 0 Å². The van der Waals surface area contributed by atoms with Crippen molar-refractivity contribution in [3.8, 4) is 6.07 Å². The first-order valence-electron chi connectivity index (χ1n) is 8.63. The van der Waals surface area contributed by atoms with Crippen molar-refractivity contribution in [2.24, 2.45) is 0 Å². The third-order valence-corrected chi connectivity index (χ3v) is 11.3. The van der Waals surface area contributed by atoms with Crippen molar-refractivity contribution in [1.82, 2.24) is 4.72 Å². The maximum absolute atomic E-state index is 13.4. The molecule has 11 heteroatoms. The molecule has 1 aromatic rings. The number of nitriles is 1. The van der Waals surface area contributed by atoms with Gasteiger partial charge in [0.1, 0.15) is 10.3 Å². The Labute approximate surface area is 187 Å². The Hall–Kier alpha value is 0.140. The van der Waals surface area contributed by atoms with Gasteiger partial charge in [0.2, 0.25) is 0 Å². The fourth-order valence-electron chi connectivity index (χ4n) is 2.93. The summed E-state index contributed by atoms with van der Waals surface area (Å²) in [5, 5.41) is 10.1. The van der Waals surface area contributed by atoms with E-state index in [1.165, 1.54) is 11.3 Å². The Bertz CT molecular complexity index is 857. The average molecular weight is 532 g/mol. The maximum Gasteiger partial charge on any atom is 0.171 e. The quantitative estimate of drug-likeness (QED) is 0.558. The molecule has 0 bridgehead atoms. The van der Waals surface area contributed by atoms with E-state index in [2.05, 4.69) is 20.7 Å². The molecule has 0 aromatic carbocycles. The van der Waals surface area contributed by atoms with Gasteiger partial charge in [0, 0.05) is 42.3 Å². The lowest BCUT2D eigenvalue weighted by molar-refractivity contribution is 0.0862. The van der Waals surface area contributed by atoms with Crippen LogP contribution in [0.2, 0.25) is 5.02 Å². The molecule has 1 N–H and O–H groups in total. The Balaban J connectivity index is 2.50. The standard InChI is InChI=1S/C17H24BrClN2O4S3/c1-15(2,3)27(22)21-16(4,14-12(19)9-13(18)26-14)11-28(23,24)17(10-20)5-7-25-8-6-17/h9,21H,5-8,11H2,1-4H3/t16-,27+/m0/s1. The third kappa shape index (κ3) is 5.06. The van der Waals surface area contributed by atoms with Gasteiger partial charge in [-0.05, 0) is 49.7 Å². The number of ether oxygens (including phenoxy) is 1. The largest absolute Gasteiger partial charge is 0.598 e.